The number of ether oxygens (including phenoxy) is 4. The van der Waals surface area contributed by atoms with Crippen LogP contribution >= 0.6 is 0 Å². The average molecular weight is 541 g/mol. The van der Waals surface area contributed by atoms with E-state index in [0.717, 1.165) is 60.2 Å². The number of hydrogen-bond donors (Lipinski definition) is 0. The number of epoxide rings is 2. The Balaban J connectivity index is 1.18. The van der Waals surface area contributed by atoms with Crippen LogP contribution in [0.3, 0.4) is 0 Å². The fourth-order valence-corrected chi connectivity index (χ4v) is 12.1. The van der Waals surface area contributed by atoms with Crippen LogP contribution in [0.1, 0.15) is 88.2 Å². The van der Waals surface area contributed by atoms with Gasteiger partial charge in [0.15, 0.2) is 0 Å². The third-order valence-corrected chi connectivity index (χ3v) is 12.9. The van der Waals surface area contributed by atoms with Crippen molar-refractivity contribution in [1.82, 2.24) is 0 Å². The molecule has 2 unspecified atom stereocenters. The van der Waals surface area contributed by atoms with E-state index in [0.29, 0.717) is 18.6 Å². The van der Waals surface area contributed by atoms with Crippen LogP contribution in [0, 0.1) is 35.5 Å². The molecule has 0 radical (unpaired) electrons. The molecule has 2 saturated heterocycles. The highest BCUT2D eigenvalue weighted by atomic mass is 16.6. The van der Waals surface area contributed by atoms with Crippen LogP contribution in [0.15, 0.2) is 24.3 Å². The van der Waals surface area contributed by atoms with Crippen molar-refractivity contribution in [3.05, 3.63) is 35.4 Å². The molecule has 40 heavy (non-hydrogen) atoms. The maximum Gasteiger partial charge on any atom is 0.127 e. The van der Waals surface area contributed by atoms with Gasteiger partial charge in [0.1, 0.15) is 36.9 Å². The molecule has 212 valence electrons. The van der Waals surface area contributed by atoms with Gasteiger partial charge in [-0.3, -0.25) is 0 Å². The van der Waals surface area contributed by atoms with E-state index >= 15 is 0 Å². The molecule has 10 aliphatic rings. The summed E-state index contributed by atoms with van der Waals surface area (Å²) in [5, 5.41) is 2.89. The molecule has 8 bridgehead atoms. The highest BCUT2D eigenvalue weighted by Gasteiger charge is 2.54. The van der Waals surface area contributed by atoms with Gasteiger partial charge in [-0.05, 0) is 158 Å². The van der Waals surface area contributed by atoms with Gasteiger partial charge >= 0.3 is 0 Å². The molecular formula is C36H44O4. The number of rotatable bonds is 8. The van der Waals surface area contributed by atoms with Gasteiger partial charge in [0, 0.05) is 5.39 Å². The van der Waals surface area contributed by atoms with Crippen LogP contribution in [0.2, 0.25) is 0 Å². The maximum atomic E-state index is 6.68. The van der Waals surface area contributed by atoms with Gasteiger partial charge in [-0.25, -0.2) is 0 Å². The van der Waals surface area contributed by atoms with E-state index in [-0.39, 0.29) is 17.6 Å². The van der Waals surface area contributed by atoms with Crippen molar-refractivity contribution >= 4 is 10.8 Å². The summed E-state index contributed by atoms with van der Waals surface area (Å²) in [7, 11) is 0. The van der Waals surface area contributed by atoms with E-state index in [9.17, 15) is 0 Å². The average Bonchev–Trinajstić information content (AvgIpc) is 3.84. The molecule has 2 atom stereocenters. The summed E-state index contributed by atoms with van der Waals surface area (Å²) >= 11 is 0. The quantitative estimate of drug-likeness (QED) is 0.329. The zero-order chi connectivity index (χ0) is 26.1. The van der Waals surface area contributed by atoms with E-state index < -0.39 is 0 Å². The minimum Gasteiger partial charge on any atom is -0.491 e. The molecule has 8 saturated carbocycles. The lowest BCUT2D eigenvalue weighted by Crippen LogP contribution is -2.49. The van der Waals surface area contributed by atoms with E-state index in [2.05, 4.69) is 24.3 Å². The lowest BCUT2D eigenvalue weighted by molar-refractivity contribution is -0.00533. The van der Waals surface area contributed by atoms with E-state index in [4.69, 9.17) is 18.9 Å². The molecule has 8 aliphatic carbocycles. The predicted molar refractivity (Wildman–Crippen MR) is 154 cm³/mol. The third kappa shape index (κ3) is 3.77. The van der Waals surface area contributed by atoms with Crippen LogP contribution < -0.4 is 9.47 Å². The minimum absolute atomic E-state index is 0.266. The Labute approximate surface area is 238 Å². The summed E-state index contributed by atoms with van der Waals surface area (Å²) in [6.07, 6.45) is 17.6. The fraction of sp³-hybridized carbons (Fsp3) is 0.722. The second-order valence-electron chi connectivity index (χ2n) is 15.9. The Kier molecular flexibility index (Phi) is 4.99. The Bertz CT molecular complexity index is 1280. The predicted octanol–water partition coefficient (Wildman–Crippen LogP) is 7.33. The molecule has 2 aliphatic heterocycles. The summed E-state index contributed by atoms with van der Waals surface area (Å²) in [6, 6.07) is 9.77. The summed E-state index contributed by atoms with van der Waals surface area (Å²) < 4.78 is 24.4. The molecule has 2 aromatic carbocycles. The number of benzene rings is 2. The molecule has 4 heteroatoms. The molecular weight excluding hydrogens is 496 g/mol. The zero-order valence-electron chi connectivity index (χ0n) is 23.9. The normalized spacial score (nSPS) is 45.3. The summed E-state index contributed by atoms with van der Waals surface area (Å²) in [5.74, 6) is 7.67. The van der Waals surface area contributed by atoms with Gasteiger partial charge in [-0.1, -0.05) is 6.07 Å². The van der Waals surface area contributed by atoms with Crippen molar-refractivity contribution < 1.29 is 18.9 Å². The van der Waals surface area contributed by atoms with Crippen LogP contribution in [0.25, 0.3) is 10.8 Å². The monoisotopic (exact) mass is 540 g/mol. The minimum atomic E-state index is 0.266. The second kappa shape index (κ2) is 8.40. The molecule has 0 N–H and O–H groups in total. The van der Waals surface area contributed by atoms with Crippen molar-refractivity contribution in [2.45, 2.75) is 100 Å². The first-order valence-corrected chi connectivity index (χ1v) is 16.7. The number of hydrogen-bond acceptors (Lipinski definition) is 4. The van der Waals surface area contributed by atoms with Crippen molar-refractivity contribution in [1.29, 1.82) is 0 Å². The highest BCUT2D eigenvalue weighted by molar-refractivity contribution is 5.96. The highest BCUT2D eigenvalue weighted by Crippen LogP contribution is 2.65. The number of fused-ring (bicyclic) bond motifs is 1. The lowest BCUT2D eigenvalue weighted by atomic mass is 9.47. The van der Waals surface area contributed by atoms with Gasteiger partial charge < -0.3 is 18.9 Å². The van der Waals surface area contributed by atoms with Crippen LogP contribution in [-0.2, 0) is 20.3 Å². The largest absolute Gasteiger partial charge is 0.491 e. The Morgan fingerprint density at radius 3 is 1.57 bits per heavy atom. The smallest absolute Gasteiger partial charge is 0.127 e. The van der Waals surface area contributed by atoms with Crippen LogP contribution in [0.5, 0.6) is 11.5 Å². The van der Waals surface area contributed by atoms with Gasteiger partial charge in [-0.15, -0.1) is 0 Å². The summed E-state index contributed by atoms with van der Waals surface area (Å²) in [5.41, 5.74) is 3.79. The molecule has 10 fully saturated rings. The zero-order valence-corrected chi connectivity index (χ0v) is 23.9. The molecule has 0 spiro atoms. The van der Waals surface area contributed by atoms with E-state index in [1.807, 2.05) is 0 Å². The SMILES string of the molecule is c1cc(OCC2CO2)c2c(C34CC5CC(CC(C5)C3)C4)cc(OCC3CO3)cc2c1C12CC3CC(CC(C3)C1)C2. The fourth-order valence-electron chi connectivity index (χ4n) is 12.1. The first kappa shape index (κ1) is 23.7. The van der Waals surface area contributed by atoms with Crippen molar-refractivity contribution in [3.8, 4) is 11.5 Å². The Morgan fingerprint density at radius 1 is 0.600 bits per heavy atom. The topological polar surface area (TPSA) is 43.5 Å². The molecule has 0 aromatic heterocycles. The van der Waals surface area contributed by atoms with Crippen LogP contribution in [0.4, 0.5) is 0 Å². The molecule has 2 aromatic rings. The summed E-state index contributed by atoms with van der Waals surface area (Å²) in [4.78, 5) is 0. The van der Waals surface area contributed by atoms with Gasteiger partial charge in [0.2, 0.25) is 0 Å². The second-order valence-corrected chi connectivity index (χ2v) is 15.9. The maximum absolute atomic E-state index is 6.68. The standard InChI is InChI=1S/C36H44O4/c1-2-33(40-20-29-19-39-29)34-30(31(1)35-11-21-3-22(12-35)5-23(4-21)13-35)9-27(37-17-28-18-38-28)10-32(34)36-14-24-6-25(15-36)8-26(7-24)16-36/h1-2,9-10,21-26,28-29H,3-8,11-20H2. The molecule has 2 heterocycles. The summed E-state index contributed by atoms with van der Waals surface area (Å²) in [6.45, 7) is 3.03. The lowest BCUT2D eigenvalue weighted by Gasteiger charge is -2.58. The first-order valence-electron chi connectivity index (χ1n) is 16.7. The third-order valence-electron chi connectivity index (χ3n) is 12.9. The van der Waals surface area contributed by atoms with Crippen molar-refractivity contribution in [3.63, 3.8) is 0 Å². The van der Waals surface area contributed by atoms with Crippen molar-refractivity contribution in [2.75, 3.05) is 26.4 Å². The Morgan fingerprint density at radius 2 is 1.07 bits per heavy atom. The van der Waals surface area contributed by atoms with Gasteiger partial charge in [0.05, 0.1) is 13.2 Å². The molecule has 4 nitrogen and oxygen atoms in total. The first-order chi connectivity index (χ1) is 19.6. The molecule has 12 rings (SSSR count). The van der Waals surface area contributed by atoms with E-state index in [1.54, 1.807) is 11.1 Å². The molecule has 0 amide bonds. The Hall–Kier alpha value is -1.78. The van der Waals surface area contributed by atoms with Crippen LogP contribution in [-0.4, -0.2) is 38.6 Å². The van der Waals surface area contributed by atoms with Gasteiger partial charge in [0.25, 0.3) is 0 Å². The van der Waals surface area contributed by atoms with Gasteiger partial charge in [-0.2, -0.15) is 0 Å². The van der Waals surface area contributed by atoms with E-state index in [1.165, 1.54) is 87.8 Å². The van der Waals surface area contributed by atoms with Crippen molar-refractivity contribution in [2.24, 2.45) is 35.5 Å².